The number of esters is 1. The molecule has 0 aromatic rings. The Bertz CT molecular complexity index is 413. The third kappa shape index (κ3) is 2.20. The fraction of sp³-hybridized carbons (Fsp3) is 0.500. The Labute approximate surface area is 97.5 Å². The van der Waals surface area contributed by atoms with Gasteiger partial charge >= 0.3 is 5.97 Å². The fourth-order valence-corrected chi connectivity index (χ4v) is 1.63. The molecule has 17 heavy (non-hydrogen) atoms. The zero-order chi connectivity index (χ0) is 13.2. The Balaban J connectivity index is 3.24. The van der Waals surface area contributed by atoms with E-state index in [0.717, 1.165) is 13.2 Å². The predicted molar refractivity (Wildman–Crippen MR) is 56.6 cm³/mol. The van der Waals surface area contributed by atoms with Gasteiger partial charge in [-0.2, -0.15) is 0 Å². The number of nitrogens with zero attached hydrogens (tertiary/aromatic N) is 1. The lowest BCUT2D eigenvalue weighted by molar-refractivity contribution is -0.546. The summed E-state index contributed by atoms with van der Waals surface area (Å²) in [5.41, 5.74) is 0.193. The summed E-state index contributed by atoms with van der Waals surface area (Å²) in [7, 11) is 2.33. The minimum Gasteiger partial charge on any atom is -0.465 e. The van der Waals surface area contributed by atoms with Crippen molar-refractivity contribution in [1.82, 2.24) is 0 Å². The Morgan fingerprint density at radius 1 is 1.59 bits per heavy atom. The first-order valence-electron chi connectivity index (χ1n) is 4.76. The van der Waals surface area contributed by atoms with Gasteiger partial charge in [-0.05, 0) is 18.6 Å². The van der Waals surface area contributed by atoms with Crippen LogP contribution in [0.4, 0.5) is 0 Å². The highest BCUT2D eigenvalue weighted by molar-refractivity contribution is 5.92. The van der Waals surface area contributed by atoms with Crippen molar-refractivity contribution < 1.29 is 24.3 Å². The molecule has 0 saturated carbocycles. The molecule has 0 bridgehead atoms. The standard InChI is InChI=1S/C10H13NO6/c1-6-4-7(9(12)16-2)5-8(11(14)15)10(6,13)17-3/h4-5,8,13H,1-3H3. The lowest BCUT2D eigenvalue weighted by Crippen LogP contribution is -2.50. The summed E-state index contributed by atoms with van der Waals surface area (Å²) >= 11 is 0. The van der Waals surface area contributed by atoms with Crippen LogP contribution in [0, 0.1) is 10.1 Å². The van der Waals surface area contributed by atoms with E-state index in [4.69, 9.17) is 4.74 Å². The largest absolute Gasteiger partial charge is 0.465 e. The van der Waals surface area contributed by atoms with Gasteiger partial charge in [-0.25, -0.2) is 4.79 Å². The molecule has 0 spiro atoms. The van der Waals surface area contributed by atoms with E-state index < -0.39 is 22.7 Å². The second kappa shape index (κ2) is 4.64. The van der Waals surface area contributed by atoms with Crippen molar-refractivity contribution in [2.45, 2.75) is 18.8 Å². The third-order valence-electron chi connectivity index (χ3n) is 2.63. The van der Waals surface area contributed by atoms with Crippen molar-refractivity contribution in [3.05, 3.63) is 33.4 Å². The Kier molecular flexibility index (Phi) is 3.64. The Hall–Kier alpha value is -1.73. The number of hydrogen-bond donors (Lipinski definition) is 1. The number of aliphatic hydroxyl groups is 1. The van der Waals surface area contributed by atoms with Crippen molar-refractivity contribution in [2.24, 2.45) is 0 Å². The van der Waals surface area contributed by atoms with E-state index >= 15 is 0 Å². The summed E-state index contributed by atoms with van der Waals surface area (Å²) in [4.78, 5) is 21.5. The van der Waals surface area contributed by atoms with Crippen LogP contribution in [0.15, 0.2) is 23.3 Å². The van der Waals surface area contributed by atoms with Gasteiger partial charge in [0, 0.05) is 18.1 Å². The van der Waals surface area contributed by atoms with Crippen LogP contribution in [0.25, 0.3) is 0 Å². The van der Waals surface area contributed by atoms with Gasteiger partial charge in [-0.1, -0.05) is 0 Å². The first-order chi connectivity index (χ1) is 7.86. The number of methoxy groups -OCH3 is 2. The molecule has 0 saturated heterocycles. The van der Waals surface area contributed by atoms with Crippen molar-refractivity contribution in [3.63, 3.8) is 0 Å². The maximum absolute atomic E-state index is 11.3. The molecule has 0 aliphatic heterocycles. The highest BCUT2D eigenvalue weighted by atomic mass is 16.7. The number of carbonyl (C=O) groups excluding carboxylic acids is 1. The molecule has 7 nitrogen and oxygen atoms in total. The average Bonchev–Trinajstić information content (AvgIpc) is 2.30. The molecule has 2 atom stereocenters. The van der Waals surface area contributed by atoms with Crippen LogP contribution < -0.4 is 0 Å². The third-order valence-corrected chi connectivity index (χ3v) is 2.63. The molecule has 1 aliphatic rings. The summed E-state index contributed by atoms with van der Waals surface area (Å²) < 4.78 is 9.25. The monoisotopic (exact) mass is 243 g/mol. The molecule has 0 aromatic carbocycles. The van der Waals surface area contributed by atoms with Crippen molar-refractivity contribution in [3.8, 4) is 0 Å². The van der Waals surface area contributed by atoms with Crippen molar-refractivity contribution in [2.75, 3.05) is 14.2 Å². The molecule has 94 valence electrons. The Morgan fingerprint density at radius 3 is 2.59 bits per heavy atom. The van der Waals surface area contributed by atoms with Gasteiger partial charge in [0.25, 0.3) is 11.8 Å². The summed E-state index contributed by atoms with van der Waals surface area (Å²) in [6.07, 6.45) is 2.32. The maximum Gasteiger partial charge on any atom is 0.337 e. The van der Waals surface area contributed by atoms with E-state index in [1.807, 2.05) is 0 Å². The molecule has 0 heterocycles. The van der Waals surface area contributed by atoms with Gasteiger partial charge in [0.2, 0.25) is 0 Å². The molecular formula is C10H13NO6. The number of carbonyl (C=O) groups is 1. The topological polar surface area (TPSA) is 98.9 Å². The number of nitro groups is 1. The van der Waals surface area contributed by atoms with E-state index in [-0.39, 0.29) is 11.1 Å². The molecule has 0 radical (unpaired) electrons. The lowest BCUT2D eigenvalue weighted by atomic mass is 9.90. The van der Waals surface area contributed by atoms with Crippen LogP contribution >= 0.6 is 0 Å². The maximum atomic E-state index is 11.3. The van der Waals surface area contributed by atoms with Gasteiger partial charge in [0.05, 0.1) is 12.7 Å². The smallest absolute Gasteiger partial charge is 0.337 e. The number of ether oxygens (including phenoxy) is 2. The molecule has 0 fully saturated rings. The summed E-state index contributed by atoms with van der Waals surface area (Å²) in [6.45, 7) is 1.44. The van der Waals surface area contributed by atoms with E-state index in [9.17, 15) is 20.0 Å². The number of rotatable bonds is 3. The summed E-state index contributed by atoms with van der Waals surface area (Å²) in [5, 5.41) is 20.9. The minimum absolute atomic E-state index is 0.0217. The fourth-order valence-electron chi connectivity index (χ4n) is 1.63. The molecular weight excluding hydrogens is 230 g/mol. The van der Waals surface area contributed by atoms with E-state index in [2.05, 4.69) is 4.74 Å². The first-order valence-corrected chi connectivity index (χ1v) is 4.76. The molecule has 7 heteroatoms. The Morgan fingerprint density at radius 2 is 2.18 bits per heavy atom. The van der Waals surface area contributed by atoms with Crippen LogP contribution in [-0.4, -0.2) is 42.0 Å². The summed E-state index contributed by atoms with van der Waals surface area (Å²) in [5.74, 6) is -2.74. The van der Waals surface area contributed by atoms with E-state index in [0.29, 0.717) is 0 Å². The number of hydrogen-bond acceptors (Lipinski definition) is 6. The first kappa shape index (κ1) is 13.3. The predicted octanol–water partition coefficient (Wildman–Crippen LogP) is 0.0260. The van der Waals surface area contributed by atoms with Gasteiger partial charge < -0.3 is 14.6 Å². The van der Waals surface area contributed by atoms with Gasteiger partial charge in [-0.15, -0.1) is 0 Å². The van der Waals surface area contributed by atoms with Crippen molar-refractivity contribution >= 4 is 5.97 Å². The van der Waals surface area contributed by atoms with Gasteiger partial charge in [-0.3, -0.25) is 10.1 Å². The molecule has 0 amide bonds. The van der Waals surface area contributed by atoms with Crippen LogP contribution in [0.1, 0.15) is 6.92 Å². The normalized spacial score (nSPS) is 28.1. The molecule has 1 N–H and O–H groups in total. The quantitative estimate of drug-likeness (QED) is 0.325. The van der Waals surface area contributed by atoms with E-state index in [1.54, 1.807) is 0 Å². The highest BCUT2D eigenvalue weighted by Gasteiger charge is 2.49. The lowest BCUT2D eigenvalue weighted by Gasteiger charge is -2.31. The second-order valence-electron chi connectivity index (χ2n) is 3.57. The summed E-state index contributed by atoms with van der Waals surface area (Å²) in [6, 6.07) is -1.55. The zero-order valence-electron chi connectivity index (χ0n) is 9.67. The van der Waals surface area contributed by atoms with Crippen LogP contribution in [0.2, 0.25) is 0 Å². The molecule has 1 rings (SSSR count). The SMILES string of the molecule is COC(=O)C1=CC([N+](=O)[O-])C(O)(OC)C(C)=C1. The van der Waals surface area contributed by atoms with Crippen molar-refractivity contribution in [1.29, 1.82) is 0 Å². The van der Waals surface area contributed by atoms with Crippen LogP contribution in [0.3, 0.4) is 0 Å². The zero-order valence-corrected chi connectivity index (χ0v) is 9.67. The molecule has 1 aliphatic carbocycles. The van der Waals surface area contributed by atoms with E-state index in [1.165, 1.54) is 20.1 Å². The van der Waals surface area contributed by atoms with Crippen LogP contribution in [0.5, 0.6) is 0 Å². The van der Waals surface area contributed by atoms with Crippen LogP contribution in [-0.2, 0) is 14.3 Å². The average molecular weight is 243 g/mol. The minimum atomic E-state index is -2.04. The molecule has 2 unspecified atom stereocenters. The van der Waals surface area contributed by atoms with Gasteiger partial charge in [0.15, 0.2) is 0 Å². The second-order valence-corrected chi connectivity index (χ2v) is 3.57. The van der Waals surface area contributed by atoms with Gasteiger partial charge in [0.1, 0.15) is 0 Å². The highest BCUT2D eigenvalue weighted by Crippen LogP contribution is 2.31. The molecule has 0 aromatic heterocycles.